The third-order valence-electron chi connectivity index (χ3n) is 4.03. The average molecular weight is 348 g/mol. The molecule has 0 spiro atoms. The van der Waals surface area contributed by atoms with Crippen molar-refractivity contribution >= 4 is 34.5 Å². The minimum atomic E-state index is -0.0975. The maximum Gasteiger partial charge on any atom is 0.261 e. The molecule has 0 unspecified atom stereocenters. The van der Waals surface area contributed by atoms with Gasteiger partial charge in [-0.3, -0.25) is 9.59 Å². The van der Waals surface area contributed by atoms with Crippen molar-refractivity contribution < 1.29 is 9.59 Å². The molecule has 1 atom stereocenters. The molecule has 0 saturated carbocycles. The lowest BCUT2D eigenvalue weighted by atomic mass is 10.2. The number of aryl methyl sites for hydroxylation is 1. The summed E-state index contributed by atoms with van der Waals surface area (Å²) in [5, 5.41) is 4.70. The number of nitrogens with one attached hydrogen (secondary N) is 1. The monoisotopic (exact) mass is 348 g/mol. The number of amides is 2. The van der Waals surface area contributed by atoms with Crippen LogP contribution in [0.4, 0.5) is 0 Å². The highest BCUT2D eigenvalue weighted by Gasteiger charge is 2.30. The van der Waals surface area contributed by atoms with Gasteiger partial charge in [0.2, 0.25) is 5.91 Å². The molecule has 1 saturated heterocycles. The molecule has 23 heavy (non-hydrogen) atoms. The maximum absolute atomic E-state index is 12.5. The minimum absolute atomic E-state index is 0.0975. The molecule has 122 valence electrons. The fourth-order valence-corrected chi connectivity index (χ4v) is 4.58. The highest BCUT2D eigenvalue weighted by molar-refractivity contribution is 7.12. The number of nitrogens with zero attached hydrogens (tertiary/aromatic N) is 1. The zero-order chi connectivity index (χ0) is 16.2. The van der Waals surface area contributed by atoms with Crippen LogP contribution in [0.3, 0.4) is 0 Å². The lowest BCUT2D eigenvalue weighted by Crippen LogP contribution is -2.33. The van der Waals surface area contributed by atoms with Crippen LogP contribution in [-0.4, -0.2) is 29.8 Å². The third kappa shape index (κ3) is 3.82. The number of carbonyl (C=O) groups is 2. The molecule has 1 N–H and O–H groups in total. The Kier molecular flexibility index (Phi) is 5.13. The smallest absolute Gasteiger partial charge is 0.261 e. The second-order valence-electron chi connectivity index (χ2n) is 5.68. The van der Waals surface area contributed by atoms with Crippen LogP contribution in [0.5, 0.6) is 0 Å². The van der Waals surface area contributed by atoms with E-state index in [2.05, 4.69) is 24.4 Å². The van der Waals surface area contributed by atoms with Gasteiger partial charge in [-0.15, -0.1) is 22.7 Å². The topological polar surface area (TPSA) is 49.4 Å². The molecular formula is C17H20N2O2S2. The number of rotatable bonds is 5. The summed E-state index contributed by atoms with van der Waals surface area (Å²) in [6, 6.07) is 8.10. The van der Waals surface area contributed by atoms with Crippen LogP contribution in [0.25, 0.3) is 0 Å². The molecule has 1 fully saturated rings. The average Bonchev–Trinajstić information content (AvgIpc) is 3.27. The Morgan fingerprint density at radius 3 is 2.91 bits per heavy atom. The van der Waals surface area contributed by atoms with Crippen LogP contribution in [-0.2, 0) is 4.79 Å². The quantitative estimate of drug-likeness (QED) is 0.897. The molecule has 0 aromatic carbocycles. The highest BCUT2D eigenvalue weighted by atomic mass is 32.1. The Labute approximate surface area is 144 Å². The molecule has 0 aliphatic carbocycles. The normalized spacial score (nSPS) is 17.4. The third-order valence-corrected chi connectivity index (χ3v) is 6.00. The first kappa shape index (κ1) is 16.2. The van der Waals surface area contributed by atoms with E-state index >= 15 is 0 Å². The van der Waals surface area contributed by atoms with E-state index in [1.807, 2.05) is 16.3 Å². The number of hydrogen-bond donors (Lipinski definition) is 1. The Morgan fingerprint density at radius 2 is 2.22 bits per heavy atom. The molecule has 2 amide bonds. The summed E-state index contributed by atoms with van der Waals surface area (Å²) in [6.07, 6.45) is 2.44. The van der Waals surface area contributed by atoms with Gasteiger partial charge in [-0.05, 0) is 43.3 Å². The molecular weight excluding hydrogens is 328 g/mol. The van der Waals surface area contributed by atoms with Gasteiger partial charge in [0.1, 0.15) is 0 Å². The number of hydrogen-bond acceptors (Lipinski definition) is 4. The van der Waals surface area contributed by atoms with Gasteiger partial charge in [0, 0.05) is 29.3 Å². The van der Waals surface area contributed by atoms with E-state index in [-0.39, 0.29) is 17.9 Å². The van der Waals surface area contributed by atoms with Gasteiger partial charge in [-0.1, -0.05) is 6.07 Å². The van der Waals surface area contributed by atoms with Crippen LogP contribution in [0.1, 0.15) is 44.7 Å². The summed E-state index contributed by atoms with van der Waals surface area (Å²) in [5.41, 5.74) is 0. The van der Waals surface area contributed by atoms with Gasteiger partial charge in [0.15, 0.2) is 0 Å². The van der Waals surface area contributed by atoms with E-state index < -0.39 is 0 Å². The summed E-state index contributed by atoms with van der Waals surface area (Å²) in [5.74, 6) is 0.0321. The lowest BCUT2D eigenvalue weighted by molar-refractivity contribution is -0.131. The van der Waals surface area contributed by atoms with Crippen LogP contribution in [0, 0.1) is 6.92 Å². The number of thiophene rings is 2. The first-order valence-corrected chi connectivity index (χ1v) is 9.52. The van der Waals surface area contributed by atoms with Gasteiger partial charge in [0.05, 0.1) is 10.9 Å². The Hall–Kier alpha value is -1.66. The Bertz CT molecular complexity index is 679. The minimum Gasteiger partial charge on any atom is -0.351 e. The van der Waals surface area contributed by atoms with E-state index in [4.69, 9.17) is 0 Å². The van der Waals surface area contributed by atoms with Crippen molar-refractivity contribution in [1.82, 2.24) is 10.2 Å². The molecule has 2 aromatic rings. The molecule has 1 aliphatic rings. The molecule has 0 radical (unpaired) electrons. The van der Waals surface area contributed by atoms with E-state index in [0.29, 0.717) is 17.8 Å². The summed E-state index contributed by atoms with van der Waals surface area (Å²) in [4.78, 5) is 29.6. The summed E-state index contributed by atoms with van der Waals surface area (Å²) < 4.78 is 0. The molecule has 2 aromatic heterocycles. The molecule has 3 heterocycles. The van der Waals surface area contributed by atoms with Crippen LogP contribution in [0.15, 0.2) is 29.6 Å². The van der Waals surface area contributed by atoms with Crippen molar-refractivity contribution in [3.8, 4) is 0 Å². The van der Waals surface area contributed by atoms with Gasteiger partial charge >= 0.3 is 0 Å². The van der Waals surface area contributed by atoms with E-state index in [9.17, 15) is 9.59 Å². The van der Waals surface area contributed by atoms with Crippen molar-refractivity contribution in [2.45, 2.75) is 32.2 Å². The van der Waals surface area contributed by atoms with Gasteiger partial charge in [0.25, 0.3) is 5.91 Å². The first-order valence-electron chi connectivity index (χ1n) is 7.82. The largest absolute Gasteiger partial charge is 0.351 e. The van der Waals surface area contributed by atoms with E-state index in [1.54, 1.807) is 17.4 Å². The molecule has 6 heteroatoms. The van der Waals surface area contributed by atoms with Crippen molar-refractivity contribution in [1.29, 1.82) is 0 Å². The maximum atomic E-state index is 12.5. The lowest BCUT2D eigenvalue weighted by Gasteiger charge is -2.24. The van der Waals surface area contributed by atoms with Gasteiger partial charge in [-0.2, -0.15) is 0 Å². The van der Waals surface area contributed by atoms with E-state index in [1.165, 1.54) is 21.1 Å². The number of carbonyl (C=O) groups excluding carboxylic acids is 2. The van der Waals surface area contributed by atoms with Crippen molar-refractivity contribution in [3.05, 3.63) is 44.3 Å². The second kappa shape index (κ2) is 7.27. The Morgan fingerprint density at radius 1 is 1.35 bits per heavy atom. The van der Waals surface area contributed by atoms with Gasteiger partial charge in [-0.25, -0.2) is 0 Å². The fourth-order valence-electron chi connectivity index (χ4n) is 2.91. The van der Waals surface area contributed by atoms with Crippen LogP contribution < -0.4 is 5.32 Å². The number of likely N-dealkylation sites (tertiary alicyclic amines) is 1. The van der Waals surface area contributed by atoms with Crippen molar-refractivity contribution in [2.75, 3.05) is 13.1 Å². The molecule has 3 rings (SSSR count). The zero-order valence-electron chi connectivity index (χ0n) is 13.1. The SMILES string of the molecule is Cc1ccc([C@H]2CCCN2C(=O)CCNC(=O)c2cccs2)s1. The standard InChI is InChI=1S/C17H20N2O2S2/c1-12-6-7-14(23-12)13-4-2-10-19(13)16(20)8-9-18-17(21)15-5-3-11-22-15/h3,5-7,11,13H,2,4,8-10H2,1H3,(H,18,21)/t13-/m1/s1. The summed E-state index contributed by atoms with van der Waals surface area (Å²) in [6.45, 7) is 3.30. The molecule has 1 aliphatic heterocycles. The second-order valence-corrected chi connectivity index (χ2v) is 7.94. The summed E-state index contributed by atoms with van der Waals surface area (Å²) >= 11 is 3.18. The predicted molar refractivity (Wildman–Crippen MR) is 94.0 cm³/mol. The van der Waals surface area contributed by atoms with E-state index in [0.717, 1.165) is 19.4 Å². The zero-order valence-corrected chi connectivity index (χ0v) is 14.7. The van der Waals surface area contributed by atoms with Crippen molar-refractivity contribution in [3.63, 3.8) is 0 Å². The highest BCUT2D eigenvalue weighted by Crippen LogP contribution is 2.35. The first-order chi connectivity index (χ1) is 11.1. The fraction of sp³-hybridized carbons (Fsp3) is 0.412. The van der Waals surface area contributed by atoms with Gasteiger partial charge < -0.3 is 10.2 Å². The molecule has 0 bridgehead atoms. The Balaban J connectivity index is 1.52. The summed E-state index contributed by atoms with van der Waals surface area (Å²) in [7, 11) is 0. The van der Waals surface area contributed by atoms with Crippen LogP contribution >= 0.6 is 22.7 Å². The van der Waals surface area contributed by atoms with Crippen LogP contribution in [0.2, 0.25) is 0 Å². The van der Waals surface area contributed by atoms with Crippen molar-refractivity contribution in [2.24, 2.45) is 0 Å². The predicted octanol–water partition coefficient (Wildman–Crippen LogP) is 3.60. The molecule has 4 nitrogen and oxygen atoms in total.